The molecule has 2 aromatic carbocycles. The smallest absolute Gasteiger partial charge is 0.252 e. The third kappa shape index (κ3) is 4.95. The van der Waals surface area contributed by atoms with Crippen molar-refractivity contribution in [3.05, 3.63) is 83.6 Å². The summed E-state index contributed by atoms with van der Waals surface area (Å²) in [5, 5.41) is 12.6. The molecule has 8 nitrogen and oxygen atoms in total. The van der Waals surface area contributed by atoms with Gasteiger partial charge in [0.2, 0.25) is 0 Å². The van der Waals surface area contributed by atoms with Crippen molar-refractivity contribution in [3.63, 3.8) is 0 Å². The molecule has 1 aliphatic heterocycles. The van der Waals surface area contributed by atoms with E-state index < -0.39 is 11.9 Å². The summed E-state index contributed by atoms with van der Waals surface area (Å²) in [5.41, 5.74) is 1.64. The molecule has 1 saturated heterocycles. The number of fused-ring (bicyclic) bond motifs is 1. The first-order chi connectivity index (χ1) is 17.0. The highest BCUT2D eigenvalue weighted by atomic mass is 19.1. The van der Waals surface area contributed by atoms with Crippen LogP contribution in [0.2, 0.25) is 0 Å². The molecule has 0 bridgehead atoms. The van der Waals surface area contributed by atoms with Gasteiger partial charge in [0, 0.05) is 37.0 Å². The van der Waals surface area contributed by atoms with E-state index in [4.69, 9.17) is 9.47 Å². The zero-order valence-corrected chi connectivity index (χ0v) is 19.5. The zero-order chi connectivity index (χ0) is 24.4. The van der Waals surface area contributed by atoms with Crippen molar-refractivity contribution in [2.45, 2.75) is 18.5 Å². The number of aromatic nitrogens is 3. The van der Waals surface area contributed by atoms with Crippen molar-refractivity contribution in [1.82, 2.24) is 20.1 Å². The van der Waals surface area contributed by atoms with E-state index in [1.165, 1.54) is 13.2 Å². The van der Waals surface area contributed by atoms with Crippen LogP contribution in [0.4, 0.5) is 10.2 Å². The van der Waals surface area contributed by atoms with Crippen LogP contribution in [0.5, 0.6) is 5.75 Å². The van der Waals surface area contributed by atoms with Gasteiger partial charge in [0.05, 0.1) is 31.5 Å². The van der Waals surface area contributed by atoms with Gasteiger partial charge < -0.3 is 20.1 Å². The average molecular weight is 476 g/mol. The molecular weight excluding hydrogens is 449 g/mol. The molecule has 1 unspecified atom stereocenters. The number of carbonyl (C=O) groups excluding carboxylic acids is 1. The van der Waals surface area contributed by atoms with Crippen LogP contribution < -0.4 is 15.4 Å². The average Bonchev–Trinajstić information content (AvgIpc) is 3.53. The van der Waals surface area contributed by atoms with Crippen LogP contribution in [0.15, 0.2) is 60.9 Å². The highest BCUT2D eigenvalue weighted by Crippen LogP contribution is 2.27. The molecule has 2 N–H and O–H groups in total. The Morgan fingerprint density at radius 3 is 2.80 bits per heavy atom. The van der Waals surface area contributed by atoms with Crippen LogP contribution >= 0.6 is 0 Å². The Balaban J connectivity index is 1.42. The van der Waals surface area contributed by atoms with Crippen LogP contribution in [0, 0.1) is 5.82 Å². The lowest BCUT2D eigenvalue weighted by atomic mass is 10.0. The number of hydrogen-bond acceptors (Lipinski definition) is 6. The lowest BCUT2D eigenvalue weighted by Crippen LogP contribution is -2.29. The van der Waals surface area contributed by atoms with E-state index in [2.05, 4.69) is 20.7 Å². The molecule has 0 aliphatic carbocycles. The standard InChI is InChI=1S/C26H26FN5O3/c1-32-9-7-22(31-32)25(16-5-6-23(34-2)21(27)12-16)30-26(33)17-3-4-18-14-28-24(13-19(18)11-17)29-20-8-10-35-15-20/h3-7,9,11-14,20,25H,8,10,15H2,1-2H3,(H,28,29)(H,30,33)/t20?,25-/m1/s1. The van der Waals surface area contributed by atoms with Gasteiger partial charge in [0.15, 0.2) is 11.6 Å². The monoisotopic (exact) mass is 475 g/mol. The molecule has 9 heteroatoms. The molecule has 180 valence electrons. The summed E-state index contributed by atoms with van der Waals surface area (Å²) in [4.78, 5) is 17.8. The normalized spacial score (nSPS) is 16.3. The van der Waals surface area contributed by atoms with Crippen LogP contribution in [0.25, 0.3) is 10.8 Å². The topological polar surface area (TPSA) is 90.3 Å². The molecule has 3 heterocycles. The number of rotatable bonds is 7. The van der Waals surface area contributed by atoms with Gasteiger partial charge in [-0.25, -0.2) is 9.37 Å². The minimum Gasteiger partial charge on any atom is -0.494 e. The van der Waals surface area contributed by atoms with E-state index in [0.717, 1.165) is 29.6 Å². The lowest BCUT2D eigenvalue weighted by molar-refractivity contribution is 0.0942. The summed E-state index contributed by atoms with van der Waals surface area (Å²) in [6, 6.07) is 13.4. The highest BCUT2D eigenvalue weighted by molar-refractivity contribution is 5.99. The Hall–Kier alpha value is -3.98. The number of anilines is 1. The number of halogens is 1. The van der Waals surface area contributed by atoms with E-state index >= 15 is 0 Å². The molecule has 1 amide bonds. The van der Waals surface area contributed by atoms with Crippen LogP contribution in [0.3, 0.4) is 0 Å². The predicted molar refractivity (Wildman–Crippen MR) is 130 cm³/mol. The number of amides is 1. The SMILES string of the molecule is COc1ccc([C@@H](NC(=O)c2ccc3cnc(NC4CCOC4)cc3c2)c2ccn(C)n2)cc1F. The van der Waals surface area contributed by atoms with Crippen molar-refractivity contribution in [2.24, 2.45) is 7.05 Å². The van der Waals surface area contributed by atoms with Crippen molar-refractivity contribution < 1.29 is 18.7 Å². The fourth-order valence-electron chi connectivity index (χ4n) is 4.21. The maximum absolute atomic E-state index is 14.5. The molecule has 2 aromatic heterocycles. The second-order valence-corrected chi connectivity index (χ2v) is 8.55. The molecule has 0 saturated carbocycles. The summed E-state index contributed by atoms with van der Waals surface area (Å²) in [6.07, 6.45) is 4.50. The molecule has 1 fully saturated rings. The van der Waals surface area contributed by atoms with Gasteiger partial charge in [-0.2, -0.15) is 5.10 Å². The molecule has 35 heavy (non-hydrogen) atoms. The minimum atomic E-state index is -0.642. The second kappa shape index (κ2) is 9.71. The number of ether oxygens (including phenoxy) is 2. The molecule has 0 spiro atoms. The van der Waals surface area contributed by atoms with Crippen molar-refractivity contribution in [1.29, 1.82) is 0 Å². The summed E-state index contributed by atoms with van der Waals surface area (Å²) < 4.78 is 26.6. The first-order valence-corrected chi connectivity index (χ1v) is 11.4. The number of aryl methyl sites for hydroxylation is 1. The number of nitrogens with one attached hydrogen (secondary N) is 2. The maximum Gasteiger partial charge on any atom is 0.252 e. The Morgan fingerprint density at radius 2 is 2.09 bits per heavy atom. The fraction of sp³-hybridized carbons (Fsp3) is 0.269. The predicted octanol–water partition coefficient (Wildman–Crippen LogP) is 3.84. The van der Waals surface area contributed by atoms with Crippen molar-refractivity contribution >= 4 is 22.5 Å². The number of carbonyl (C=O) groups is 1. The summed E-state index contributed by atoms with van der Waals surface area (Å²) >= 11 is 0. The first-order valence-electron chi connectivity index (χ1n) is 11.4. The number of methoxy groups -OCH3 is 1. The molecule has 1 aliphatic rings. The Morgan fingerprint density at radius 1 is 1.20 bits per heavy atom. The minimum absolute atomic E-state index is 0.136. The highest BCUT2D eigenvalue weighted by Gasteiger charge is 2.22. The van der Waals surface area contributed by atoms with Crippen LogP contribution in [-0.2, 0) is 11.8 Å². The van der Waals surface area contributed by atoms with Crippen molar-refractivity contribution in [3.8, 4) is 5.75 Å². The van der Waals surface area contributed by atoms with E-state index in [1.54, 1.807) is 48.4 Å². The van der Waals surface area contributed by atoms with Gasteiger partial charge in [0.25, 0.3) is 5.91 Å². The van der Waals surface area contributed by atoms with Gasteiger partial charge in [0.1, 0.15) is 5.82 Å². The third-order valence-corrected chi connectivity index (χ3v) is 6.08. The van der Waals surface area contributed by atoms with Gasteiger partial charge in [-0.15, -0.1) is 0 Å². The quantitative estimate of drug-likeness (QED) is 0.422. The van der Waals surface area contributed by atoms with Gasteiger partial charge in [-0.1, -0.05) is 12.1 Å². The second-order valence-electron chi connectivity index (χ2n) is 8.55. The van der Waals surface area contributed by atoms with E-state index in [9.17, 15) is 9.18 Å². The number of hydrogen-bond donors (Lipinski definition) is 2. The number of benzene rings is 2. The summed E-state index contributed by atoms with van der Waals surface area (Å²) in [6.45, 7) is 1.40. The third-order valence-electron chi connectivity index (χ3n) is 6.08. The largest absolute Gasteiger partial charge is 0.494 e. The summed E-state index contributed by atoms with van der Waals surface area (Å²) in [7, 11) is 3.20. The molecular formula is C26H26FN5O3. The maximum atomic E-state index is 14.5. The Labute approximate surface area is 202 Å². The van der Waals surface area contributed by atoms with Crippen LogP contribution in [-0.4, -0.2) is 47.0 Å². The number of nitrogens with zero attached hydrogens (tertiary/aromatic N) is 3. The summed E-state index contributed by atoms with van der Waals surface area (Å²) in [5.74, 6) is 0.0718. The Bertz CT molecular complexity index is 1370. The lowest BCUT2D eigenvalue weighted by Gasteiger charge is -2.18. The van der Waals surface area contributed by atoms with E-state index in [1.807, 2.05) is 18.2 Å². The van der Waals surface area contributed by atoms with E-state index in [-0.39, 0.29) is 17.7 Å². The molecule has 5 rings (SSSR count). The van der Waals surface area contributed by atoms with Crippen LogP contribution in [0.1, 0.15) is 34.1 Å². The molecule has 0 radical (unpaired) electrons. The molecule has 4 aromatic rings. The number of pyridine rings is 1. The fourth-order valence-corrected chi connectivity index (χ4v) is 4.21. The van der Waals surface area contributed by atoms with Gasteiger partial charge >= 0.3 is 0 Å². The van der Waals surface area contributed by atoms with E-state index in [0.29, 0.717) is 23.4 Å². The van der Waals surface area contributed by atoms with Gasteiger partial charge in [-0.3, -0.25) is 9.48 Å². The Kier molecular flexibility index (Phi) is 6.33. The first kappa shape index (κ1) is 22.8. The molecule has 2 atom stereocenters. The zero-order valence-electron chi connectivity index (χ0n) is 19.5. The van der Waals surface area contributed by atoms with Crippen molar-refractivity contribution in [2.75, 3.05) is 25.6 Å². The van der Waals surface area contributed by atoms with Gasteiger partial charge in [-0.05, 0) is 53.8 Å².